The second kappa shape index (κ2) is 10.9. The lowest BCUT2D eigenvalue weighted by atomic mass is 10.1. The molecule has 0 spiro atoms. The van der Waals surface area contributed by atoms with E-state index in [1.165, 1.54) is 0 Å². The molecule has 0 saturated carbocycles. The van der Waals surface area contributed by atoms with Crippen LogP contribution >= 0.6 is 11.6 Å². The summed E-state index contributed by atoms with van der Waals surface area (Å²) >= 11 is 6.14. The Hall–Kier alpha value is -3.38. The highest BCUT2D eigenvalue weighted by molar-refractivity contribution is 6.30. The summed E-state index contributed by atoms with van der Waals surface area (Å²) in [6, 6.07) is 18.3. The Morgan fingerprint density at radius 3 is 2.57 bits per heavy atom. The molecule has 3 aromatic rings. The SMILES string of the molecule is CCCNC(=O)[C@H](C)N(Cc1cccc(Cl)c1)C(=O)CCCN1C(=O)c2cccc3cccc1c23. The van der Waals surface area contributed by atoms with Crippen molar-refractivity contribution in [1.82, 2.24) is 10.2 Å². The van der Waals surface area contributed by atoms with Crippen molar-refractivity contribution in [3.05, 3.63) is 76.8 Å². The number of hydrogen-bond donors (Lipinski definition) is 1. The molecule has 0 saturated heterocycles. The maximum absolute atomic E-state index is 13.3. The Kier molecular flexibility index (Phi) is 7.71. The minimum absolute atomic E-state index is 0.0349. The first-order chi connectivity index (χ1) is 16.9. The Balaban J connectivity index is 1.45. The third-order valence-electron chi connectivity index (χ3n) is 6.38. The average molecular weight is 492 g/mol. The Morgan fingerprint density at radius 2 is 1.83 bits per heavy atom. The summed E-state index contributed by atoms with van der Waals surface area (Å²) in [7, 11) is 0. The molecule has 0 radical (unpaired) electrons. The molecule has 0 aliphatic carbocycles. The molecule has 0 aromatic heterocycles. The van der Waals surface area contributed by atoms with E-state index in [-0.39, 0.29) is 30.7 Å². The number of halogens is 1. The van der Waals surface area contributed by atoms with Crippen LogP contribution in [0.5, 0.6) is 0 Å². The highest BCUT2D eigenvalue weighted by Crippen LogP contribution is 2.37. The molecule has 0 unspecified atom stereocenters. The van der Waals surface area contributed by atoms with Gasteiger partial charge in [-0.3, -0.25) is 14.4 Å². The molecule has 1 heterocycles. The van der Waals surface area contributed by atoms with E-state index in [0.717, 1.165) is 28.4 Å². The van der Waals surface area contributed by atoms with Gasteiger partial charge in [-0.05, 0) is 55.0 Å². The predicted octanol–water partition coefficient (Wildman–Crippen LogP) is 5.18. The Labute approximate surface area is 210 Å². The largest absolute Gasteiger partial charge is 0.354 e. The van der Waals surface area contributed by atoms with Crippen molar-refractivity contribution in [3.63, 3.8) is 0 Å². The number of carbonyl (C=O) groups excluding carboxylic acids is 3. The maximum Gasteiger partial charge on any atom is 0.258 e. The summed E-state index contributed by atoms with van der Waals surface area (Å²) in [5, 5.41) is 5.47. The Morgan fingerprint density at radius 1 is 1.09 bits per heavy atom. The average Bonchev–Trinajstić information content (AvgIpc) is 3.13. The number of nitrogens with zero attached hydrogens (tertiary/aromatic N) is 2. The van der Waals surface area contributed by atoms with Crippen LogP contribution in [0.2, 0.25) is 5.02 Å². The molecule has 1 atom stereocenters. The number of amides is 3. The molecule has 35 heavy (non-hydrogen) atoms. The molecule has 1 aliphatic heterocycles. The van der Waals surface area contributed by atoms with Crippen molar-refractivity contribution < 1.29 is 14.4 Å². The number of hydrogen-bond acceptors (Lipinski definition) is 3. The van der Waals surface area contributed by atoms with Gasteiger partial charge in [-0.25, -0.2) is 0 Å². The van der Waals surface area contributed by atoms with Gasteiger partial charge in [0.15, 0.2) is 0 Å². The molecule has 1 aliphatic rings. The lowest BCUT2D eigenvalue weighted by Crippen LogP contribution is -2.47. The molecular formula is C28H30ClN3O3. The van der Waals surface area contributed by atoms with Gasteiger partial charge in [0.2, 0.25) is 11.8 Å². The van der Waals surface area contributed by atoms with Crippen molar-refractivity contribution >= 4 is 45.8 Å². The summed E-state index contributed by atoms with van der Waals surface area (Å²) in [5.41, 5.74) is 2.45. The Bertz CT molecular complexity index is 1250. The zero-order valence-corrected chi connectivity index (χ0v) is 20.8. The van der Waals surface area contributed by atoms with Gasteiger partial charge >= 0.3 is 0 Å². The second-order valence-corrected chi connectivity index (χ2v) is 9.30. The third kappa shape index (κ3) is 5.33. The fourth-order valence-corrected chi connectivity index (χ4v) is 4.76. The van der Waals surface area contributed by atoms with Crippen LogP contribution in [-0.4, -0.2) is 41.8 Å². The lowest BCUT2D eigenvalue weighted by Gasteiger charge is -2.29. The van der Waals surface area contributed by atoms with E-state index in [0.29, 0.717) is 30.1 Å². The van der Waals surface area contributed by atoms with Crippen LogP contribution in [0.25, 0.3) is 10.8 Å². The second-order valence-electron chi connectivity index (χ2n) is 8.86. The summed E-state index contributed by atoms with van der Waals surface area (Å²) in [5.74, 6) is -0.349. The van der Waals surface area contributed by atoms with E-state index in [9.17, 15) is 14.4 Å². The zero-order valence-electron chi connectivity index (χ0n) is 20.1. The van der Waals surface area contributed by atoms with E-state index in [1.807, 2.05) is 55.5 Å². The molecule has 0 fully saturated rings. The standard InChI is InChI=1S/C28H30ClN3O3/c1-3-15-30-27(34)19(2)32(18-20-8-4-11-22(29)17-20)25(33)14-7-16-31-24-13-6-10-21-9-5-12-23(26(21)24)28(31)35/h4-6,8-13,17,19H,3,7,14-16,18H2,1-2H3,(H,30,34)/t19-/m0/s1. The predicted molar refractivity (Wildman–Crippen MR) is 140 cm³/mol. The smallest absolute Gasteiger partial charge is 0.258 e. The summed E-state index contributed by atoms with van der Waals surface area (Å²) in [6.45, 7) is 5.01. The van der Waals surface area contributed by atoms with Crippen LogP contribution in [0.1, 0.15) is 49.0 Å². The molecule has 182 valence electrons. The van der Waals surface area contributed by atoms with Gasteiger partial charge in [0.1, 0.15) is 6.04 Å². The summed E-state index contributed by atoms with van der Waals surface area (Å²) < 4.78 is 0. The van der Waals surface area contributed by atoms with Gasteiger partial charge in [0, 0.05) is 42.0 Å². The first-order valence-electron chi connectivity index (χ1n) is 12.1. The first kappa shape index (κ1) is 24.7. The van der Waals surface area contributed by atoms with E-state index in [2.05, 4.69) is 5.32 Å². The molecule has 3 aromatic carbocycles. The van der Waals surface area contributed by atoms with Crippen molar-refractivity contribution in [2.75, 3.05) is 18.0 Å². The lowest BCUT2D eigenvalue weighted by molar-refractivity contribution is -0.140. The van der Waals surface area contributed by atoms with E-state index < -0.39 is 6.04 Å². The van der Waals surface area contributed by atoms with Crippen LogP contribution in [-0.2, 0) is 16.1 Å². The van der Waals surface area contributed by atoms with Gasteiger partial charge in [0.05, 0.1) is 5.69 Å². The van der Waals surface area contributed by atoms with Crippen LogP contribution in [0.4, 0.5) is 5.69 Å². The van der Waals surface area contributed by atoms with E-state index in [1.54, 1.807) is 28.9 Å². The molecular weight excluding hydrogens is 462 g/mol. The number of benzene rings is 3. The number of anilines is 1. The molecule has 3 amide bonds. The third-order valence-corrected chi connectivity index (χ3v) is 6.61. The quantitative estimate of drug-likeness (QED) is 0.425. The van der Waals surface area contributed by atoms with Gasteiger partial charge in [-0.2, -0.15) is 0 Å². The number of rotatable bonds is 10. The van der Waals surface area contributed by atoms with E-state index >= 15 is 0 Å². The maximum atomic E-state index is 13.3. The minimum atomic E-state index is -0.626. The highest BCUT2D eigenvalue weighted by atomic mass is 35.5. The van der Waals surface area contributed by atoms with Crippen LogP contribution < -0.4 is 10.2 Å². The monoisotopic (exact) mass is 491 g/mol. The fraction of sp³-hybridized carbons (Fsp3) is 0.321. The highest BCUT2D eigenvalue weighted by Gasteiger charge is 2.30. The van der Waals surface area contributed by atoms with Crippen LogP contribution in [0.3, 0.4) is 0 Å². The van der Waals surface area contributed by atoms with Crippen LogP contribution in [0.15, 0.2) is 60.7 Å². The van der Waals surface area contributed by atoms with E-state index in [4.69, 9.17) is 11.6 Å². The van der Waals surface area contributed by atoms with Gasteiger partial charge < -0.3 is 15.1 Å². The van der Waals surface area contributed by atoms with Crippen molar-refractivity contribution in [2.45, 2.75) is 45.7 Å². The van der Waals surface area contributed by atoms with Crippen molar-refractivity contribution in [2.24, 2.45) is 0 Å². The fourth-order valence-electron chi connectivity index (χ4n) is 4.54. The first-order valence-corrected chi connectivity index (χ1v) is 12.4. The van der Waals surface area contributed by atoms with Crippen LogP contribution in [0, 0.1) is 0 Å². The van der Waals surface area contributed by atoms with Crippen molar-refractivity contribution in [1.29, 1.82) is 0 Å². The van der Waals surface area contributed by atoms with Gasteiger partial charge in [0.25, 0.3) is 5.91 Å². The zero-order chi connectivity index (χ0) is 24.9. The normalized spacial score (nSPS) is 13.2. The van der Waals surface area contributed by atoms with Crippen molar-refractivity contribution in [3.8, 4) is 0 Å². The summed E-state index contributed by atoms with van der Waals surface area (Å²) in [6.07, 6.45) is 1.53. The molecule has 0 bridgehead atoms. The molecule has 6 nitrogen and oxygen atoms in total. The summed E-state index contributed by atoms with van der Waals surface area (Å²) in [4.78, 5) is 42.4. The molecule has 4 rings (SSSR count). The minimum Gasteiger partial charge on any atom is -0.354 e. The molecule has 7 heteroatoms. The van der Waals surface area contributed by atoms with Gasteiger partial charge in [-0.1, -0.05) is 54.9 Å². The molecule has 1 N–H and O–H groups in total. The number of nitrogens with one attached hydrogen (secondary N) is 1. The number of carbonyl (C=O) groups is 3. The topological polar surface area (TPSA) is 69.7 Å². The van der Waals surface area contributed by atoms with Gasteiger partial charge in [-0.15, -0.1) is 0 Å².